The molecule has 0 unspecified atom stereocenters. The summed E-state index contributed by atoms with van der Waals surface area (Å²) in [6.07, 6.45) is 4.02. The summed E-state index contributed by atoms with van der Waals surface area (Å²) in [5, 5.41) is 4.25. The maximum Gasteiger partial charge on any atom is 0.256 e. The molecule has 2 heterocycles. The van der Waals surface area contributed by atoms with Crippen molar-refractivity contribution in [3.8, 4) is 0 Å². The van der Waals surface area contributed by atoms with Crippen LogP contribution < -0.4 is 5.32 Å². The molecular formula is C16H21N3O. The molecular weight excluding hydrogens is 250 g/mol. The molecule has 1 aromatic heterocycles. The standard InChI is InChI=1S/C16H21N3O/c1-17-10-12-6-8-19(9-7-12)16(20)14-11-18-15-5-3-2-4-13(14)15/h2-5,11-12,17-18H,6-10H2,1H3. The zero-order valence-electron chi connectivity index (χ0n) is 11.9. The van der Waals surface area contributed by atoms with E-state index in [-0.39, 0.29) is 5.91 Å². The number of nitrogens with one attached hydrogen (secondary N) is 2. The normalized spacial score (nSPS) is 16.8. The Kier molecular flexibility index (Phi) is 3.74. The van der Waals surface area contributed by atoms with Crippen molar-refractivity contribution in [3.05, 3.63) is 36.0 Å². The van der Waals surface area contributed by atoms with Gasteiger partial charge in [-0.05, 0) is 38.4 Å². The number of rotatable bonds is 3. The van der Waals surface area contributed by atoms with Gasteiger partial charge in [0.25, 0.3) is 5.91 Å². The van der Waals surface area contributed by atoms with E-state index in [9.17, 15) is 4.79 Å². The lowest BCUT2D eigenvalue weighted by atomic mass is 9.96. The van der Waals surface area contributed by atoms with E-state index in [4.69, 9.17) is 0 Å². The van der Waals surface area contributed by atoms with Gasteiger partial charge in [0.05, 0.1) is 5.56 Å². The largest absolute Gasteiger partial charge is 0.360 e. The maximum atomic E-state index is 12.6. The fourth-order valence-electron chi connectivity index (χ4n) is 3.05. The molecule has 0 aliphatic carbocycles. The summed E-state index contributed by atoms with van der Waals surface area (Å²) in [7, 11) is 1.99. The molecule has 1 aliphatic heterocycles. The molecule has 1 amide bonds. The van der Waals surface area contributed by atoms with Gasteiger partial charge in [-0.1, -0.05) is 18.2 Å². The fraction of sp³-hybridized carbons (Fsp3) is 0.438. The average molecular weight is 271 g/mol. The van der Waals surface area contributed by atoms with Crippen LogP contribution in [-0.2, 0) is 0 Å². The Morgan fingerprint density at radius 3 is 2.85 bits per heavy atom. The molecule has 0 radical (unpaired) electrons. The number of nitrogens with zero attached hydrogens (tertiary/aromatic N) is 1. The second-order valence-electron chi connectivity index (χ2n) is 5.54. The number of para-hydroxylation sites is 1. The molecule has 0 bridgehead atoms. The highest BCUT2D eigenvalue weighted by molar-refractivity contribution is 6.06. The summed E-state index contributed by atoms with van der Waals surface area (Å²) in [6.45, 7) is 2.78. The van der Waals surface area contributed by atoms with Crippen LogP contribution in [0, 0.1) is 5.92 Å². The number of likely N-dealkylation sites (tertiary alicyclic amines) is 1. The molecule has 0 saturated carbocycles. The number of aromatic amines is 1. The van der Waals surface area contributed by atoms with E-state index in [1.807, 2.05) is 42.4 Å². The zero-order chi connectivity index (χ0) is 13.9. The van der Waals surface area contributed by atoms with Crippen LogP contribution in [0.5, 0.6) is 0 Å². The molecule has 1 saturated heterocycles. The van der Waals surface area contributed by atoms with Gasteiger partial charge >= 0.3 is 0 Å². The average Bonchev–Trinajstić information content (AvgIpc) is 2.92. The van der Waals surface area contributed by atoms with Crippen LogP contribution in [0.3, 0.4) is 0 Å². The van der Waals surface area contributed by atoms with E-state index < -0.39 is 0 Å². The number of aromatic nitrogens is 1. The molecule has 0 spiro atoms. The lowest BCUT2D eigenvalue weighted by molar-refractivity contribution is 0.0693. The molecule has 2 aromatic rings. The van der Waals surface area contributed by atoms with Crippen molar-refractivity contribution < 1.29 is 4.79 Å². The van der Waals surface area contributed by atoms with Gasteiger partial charge in [0.1, 0.15) is 0 Å². The summed E-state index contributed by atoms with van der Waals surface area (Å²) in [5.41, 5.74) is 1.83. The van der Waals surface area contributed by atoms with Crippen LogP contribution in [0.25, 0.3) is 10.9 Å². The highest BCUT2D eigenvalue weighted by Crippen LogP contribution is 2.22. The van der Waals surface area contributed by atoms with Gasteiger partial charge in [-0.15, -0.1) is 0 Å². The molecule has 20 heavy (non-hydrogen) atoms. The predicted molar refractivity (Wildman–Crippen MR) is 80.9 cm³/mol. The van der Waals surface area contributed by atoms with Crippen molar-refractivity contribution in [2.75, 3.05) is 26.7 Å². The first kappa shape index (κ1) is 13.2. The van der Waals surface area contributed by atoms with Crippen molar-refractivity contribution in [3.63, 3.8) is 0 Å². The van der Waals surface area contributed by atoms with Crippen molar-refractivity contribution >= 4 is 16.8 Å². The topological polar surface area (TPSA) is 48.1 Å². The van der Waals surface area contributed by atoms with Gasteiger partial charge in [-0.25, -0.2) is 0 Å². The third kappa shape index (κ3) is 2.43. The minimum absolute atomic E-state index is 0.158. The van der Waals surface area contributed by atoms with E-state index in [1.165, 1.54) is 0 Å². The highest BCUT2D eigenvalue weighted by Gasteiger charge is 2.24. The third-order valence-corrected chi connectivity index (χ3v) is 4.21. The van der Waals surface area contributed by atoms with E-state index >= 15 is 0 Å². The van der Waals surface area contributed by atoms with Gasteiger partial charge < -0.3 is 15.2 Å². The van der Waals surface area contributed by atoms with Gasteiger partial charge in [-0.2, -0.15) is 0 Å². The molecule has 3 rings (SSSR count). The van der Waals surface area contributed by atoms with E-state index in [0.717, 1.165) is 48.9 Å². The first-order chi connectivity index (χ1) is 9.79. The Bertz CT molecular complexity index is 597. The minimum atomic E-state index is 0.158. The first-order valence-electron chi connectivity index (χ1n) is 7.29. The van der Waals surface area contributed by atoms with Crippen molar-refractivity contribution in [2.24, 2.45) is 5.92 Å². The Morgan fingerprint density at radius 2 is 2.10 bits per heavy atom. The van der Waals surface area contributed by atoms with E-state index in [1.54, 1.807) is 0 Å². The Labute approximate surface area is 119 Å². The molecule has 0 atom stereocenters. The summed E-state index contributed by atoms with van der Waals surface area (Å²) < 4.78 is 0. The molecule has 1 aliphatic rings. The molecule has 1 fully saturated rings. The number of hydrogen-bond acceptors (Lipinski definition) is 2. The number of fused-ring (bicyclic) bond motifs is 1. The number of amides is 1. The fourth-order valence-corrected chi connectivity index (χ4v) is 3.05. The van der Waals surface area contributed by atoms with Crippen LogP contribution in [0.2, 0.25) is 0 Å². The number of benzene rings is 1. The van der Waals surface area contributed by atoms with Crippen molar-refractivity contribution in [2.45, 2.75) is 12.8 Å². The van der Waals surface area contributed by atoms with Crippen LogP contribution in [-0.4, -0.2) is 42.5 Å². The maximum absolute atomic E-state index is 12.6. The second kappa shape index (κ2) is 5.67. The smallest absolute Gasteiger partial charge is 0.256 e. The van der Waals surface area contributed by atoms with Crippen LogP contribution >= 0.6 is 0 Å². The van der Waals surface area contributed by atoms with Gasteiger partial charge in [-0.3, -0.25) is 4.79 Å². The Morgan fingerprint density at radius 1 is 1.35 bits per heavy atom. The molecule has 106 valence electrons. The lowest BCUT2D eigenvalue weighted by Crippen LogP contribution is -2.40. The zero-order valence-corrected chi connectivity index (χ0v) is 11.9. The summed E-state index contributed by atoms with van der Waals surface area (Å²) in [4.78, 5) is 17.8. The SMILES string of the molecule is CNCC1CCN(C(=O)c2c[nH]c3ccccc23)CC1. The van der Waals surface area contributed by atoms with Crippen molar-refractivity contribution in [1.82, 2.24) is 15.2 Å². The first-order valence-corrected chi connectivity index (χ1v) is 7.29. The summed E-state index contributed by atoms with van der Waals surface area (Å²) in [5.74, 6) is 0.859. The van der Waals surface area contributed by atoms with Crippen LogP contribution in [0.4, 0.5) is 0 Å². The number of piperidine rings is 1. The lowest BCUT2D eigenvalue weighted by Gasteiger charge is -2.31. The van der Waals surface area contributed by atoms with Gasteiger partial charge in [0.2, 0.25) is 0 Å². The van der Waals surface area contributed by atoms with Crippen LogP contribution in [0.1, 0.15) is 23.2 Å². The Hall–Kier alpha value is -1.81. The minimum Gasteiger partial charge on any atom is -0.360 e. The number of hydrogen-bond donors (Lipinski definition) is 2. The molecule has 2 N–H and O–H groups in total. The Balaban J connectivity index is 1.74. The number of carbonyl (C=O) groups excluding carboxylic acids is 1. The number of carbonyl (C=O) groups is 1. The van der Waals surface area contributed by atoms with Gasteiger partial charge in [0.15, 0.2) is 0 Å². The molecule has 1 aromatic carbocycles. The van der Waals surface area contributed by atoms with E-state index in [2.05, 4.69) is 10.3 Å². The summed E-state index contributed by atoms with van der Waals surface area (Å²) >= 11 is 0. The predicted octanol–water partition coefficient (Wildman–Crippen LogP) is 2.24. The summed E-state index contributed by atoms with van der Waals surface area (Å²) in [6, 6.07) is 7.97. The number of H-pyrrole nitrogens is 1. The highest BCUT2D eigenvalue weighted by atomic mass is 16.2. The van der Waals surface area contributed by atoms with Gasteiger partial charge in [0, 0.05) is 30.2 Å². The monoisotopic (exact) mass is 271 g/mol. The quantitative estimate of drug-likeness (QED) is 0.899. The van der Waals surface area contributed by atoms with Crippen molar-refractivity contribution in [1.29, 1.82) is 0 Å². The third-order valence-electron chi connectivity index (χ3n) is 4.21. The second-order valence-corrected chi connectivity index (χ2v) is 5.54. The van der Waals surface area contributed by atoms with E-state index in [0.29, 0.717) is 5.92 Å². The molecule has 4 heteroatoms. The molecule has 4 nitrogen and oxygen atoms in total. The van der Waals surface area contributed by atoms with Crippen LogP contribution in [0.15, 0.2) is 30.5 Å².